The second-order valence-corrected chi connectivity index (χ2v) is 3.75. The van der Waals surface area contributed by atoms with Gasteiger partial charge in [-0.25, -0.2) is 0 Å². The molecule has 66 valence electrons. The van der Waals surface area contributed by atoms with E-state index < -0.39 is 0 Å². The van der Waals surface area contributed by atoms with Gasteiger partial charge in [0.1, 0.15) is 0 Å². The molecule has 0 N–H and O–H groups in total. The molecule has 11 heavy (non-hydrogen) atoms. The maximum Gasteiger partial charge on any atom is 0.0469 e. The molecule has 0 bridgehead atoms. The van der Waals surface area contributed by atoms with E-state index >= 15 is 0 Å². The largest absolute Gasteiger partial charge is 0.382 e. The summed E-state index contributed by atoms with van der Waals surface area (Å²) in [5.41, 5.74) is 0. The summed E-state index contributed by atoms with van der Waals surface area (Å²) in [6, 6.07) is 0. The Kier molecular flexibility index (Phi) is 4.24. The van der Waals surface area contributed by atoms with Gasteiger partial charge in [0.05, 0.1) is 0 Å². The van der Waals surface area contributed by atoms with Crippen molar-refractivity contribution in [3.8, 4) is 0 Å². The molecule has 0 aromatic rings. The van der Waals surface area contributed by atoms with Crippen LogP contribution in [0.25, 0.3) is 0 Å². The van der Waals surface area contributed by atoms with Gasteiger partial charge in [0.15, 0.2) is 0 Å². The van der Waals surface area contributed by atoms with Crippen LogP contribution in [0.5, 0.6) is 0 Å². The summed E-state index contributed by atoms with van der Waals surface area (Å²) >= 11 is 6.10. The van der Waals surface area contributed by atoms with Crippen molar-refractivity contribution in [3.05, 3.63) is 0 Å². The summed E-state index contributed by atoms with van der Waals surface area (Å²) in [5, 5.41) is 0.426. The normalized spacial score (nSPS) is 31.1. The minimum Gasteiger partial charge on any atom is -0.382 e. The SMILES string of the molecule is CCOCCC1CCCC1Cl. The van der Waals surface area contributed by atoms with E-state index in [-0.39, 0.29) is 0 Å². The van der Waals surface area contributed by atoms with Crippen LogP contribution >= 0.6 is 11.6 Å². The second-order valence-electron chi connectivity index (χ2n) is 3.19. The van der Waals surface area contributed by atoms with Gasteiger partial charge in [0, 0.05) is 18.6 Å². The molecule has 2 unspecified atom stereocenters. The topological polar surface area (TPSA) is 9.23 Å². The highest BCUT2D eigenvalue weighted by Gasteiger charge is 2.24. The van der Waals surface area contributed by atoms with Gasteiger partial charge in [0.25, 0.3) is 0 Å². The van der Waals surface area contributed by atoms with Crippen LogP contribution in [0.15, 0.2) is 0 Å². The van der Waals surface area contributed by atoms with Crippen LogP contribution in [0.4, 0.5) is 0 Å². The first-order valence-corrected chi connectivity index (χ1v) is 5.00. The van der Waals surface area contributed by atoms with Crippen LogP contribution in [0.3, 0.4) is 0 Å². The third-order valence-corrected chi connectivity index (χ3v) is 2.98. The quantitative estimate of drug-likeness (QED) is 0.473. The lowest BCUT2D eigenvalue weighted by molar-refractivity contribution is 0.133. The van der Waals surface area contributed by atoms with Crippen molar-refractivity contribution in [3.63, 3.8) is 0 Å². The highest BCUT2D eigenvalue weighted by molar-refractivity contribution is 6.20. The molecule has 0 amide bonds. The van der Waals surface area contributed by atoms with Gasteiger partial charge in [-0.2, -0.15) is 0 Å². The third-order valence-electron chi connectivity index (χ3n) is 2.40. The van der Waals surface area contributed by atoms with E-state index in [0.29, 0.717) is 5.38 Å². The van der Waals surface area contributed by atoms with Crippen LogP contribution in [0.2, 0.25) is 0 Å². The summed E-state index contributed by atoms with van der Waals surface area (Å²) < 4.78 is 5.29. The molecule has 0 radical (unpaired) electrons. The maximum atomic E-state index is 6.10. The average molecular weight is 177 g/mol. The van der Waals surface area contributed by atoms with Gasteiger partial charge in [-0.05, 0) is 32.1 Å². The lowest BCUT2D eigenvalue weighted by Crippen LogP contribution is -2.10. The van der Waals surface area contributed by atoms with E-state index in [1.54, 1.807) is 0 Å². The van der Waals surface area contributed by atoms with Gasteiger partial charge in [0.2, 0.25) is 0 Å². The number of hydrogen-bond acceptors (Lipinski definition) is 1. The van der Waals surface area contributed by atoms with Crippen LogP contribution in [0, 0.1) is 5.92 Å². The Bertz CT molecular complexity index is 106. The fourth-order valence-corrected chi connectivity index (χ4v) is 2.10. The molecule has 1 rings (SSSR count). The zero-order chi connectivity index (χ0) is 8.10. The molecule has 1 saturated carbocycles. The molecule has 2 heteroatoms. The Morgan fingerprint density at radius 1 is 1.45 bits per heavy atom. The molecule has 1 nitrogen and oxygen atoms in total. The van der Waals surface area contributed by atoms with Crippen LogP contribution in [0.1, 0.15) is 32.6 Å². The first-order chi connectivity index (χ1) is 5.34. The van der Waals surface area contributed by atoms with Gasteiger partial charge in [-0.1, -0.05) is 6.42 Å². The van der Waals surface area contributed by atoms with E-state index in [9.17, 15) is 0 Å². The fraction of sp³-hybridized carbons (Fsp3) is 1.00. The molecule has 1 aliphatic rings. The summed E-state index contributed by atoms with van der Waals surface area (Å²) in [6.45, 7) is 3.76. The molecular formula is C9H17ClO. The second kappa shape index (κ2) is 5.00. The lowest BCUT2D eigenvalue weighted by Gasteiger charge is -2.12. The third kappa shape index (κ3) is 3.00. The van der Waals surface area contributed by atoms with Crippen LogP contribution in [-0.4, -0.2) is 18.6 Å². The molecule has 0 spiro atoms. The Morgan fingerprint density at radius 2 is 2.27 bits per heavy atom. The highest BCUT2D eigenvalue weighted by Crippen LogP contribution is 2.32. The molecule has 1 fully saturated rings. The zero-order valence-corrected chi connectivity index (χ0v) is 7.94. The Hall–Kier alpha value is 0.250. The number of ether oxygens (including phenoxy) is 1. The van der Waals surface area contributed by atoms with E-state index in [2.05, 4.69) is 0 Å². The smallest absolute Gasteiger partial charge is 0.0469 e. The number of rotatable bonds is 4. The van der Waals surface area contributed by atoms with Crippen molar-refractivity contribution in [2.45, 2.75) is 38.0 Å². The molecule has 0 aliphatic heterocycles. The van der Waals surface area contributed by atoms with Gasteiger partial charge < -0.3 is 4.74 Å². The zero-order valence-electron chi connectivity index (χ0n) is 7.18. The molecule has 0 aromatic heterocycles. The van der Waals surface area contributed by atoms with Crippen molar-refractivity contribution in [2.75, 3.05) is 13.2 Å². The number of halogens is 1. The molecule has 2 atom stereocenters. The fourth-order valence-electron chi connectivity index (χ4n) is 1.70. The van der Waals surface area contributed by atoms with Crippen molar-refractivity contribution in [1.29, 1.82) is 0 Å². The van der Waals surface area contributed by atoms with Gasteiger partial charge in [-0.15, -0.1) is 11.6 Å². The van der Waals surface area contributed by atoms with Crippen molar-refractivity contribution in [2.24, 2.45) is 5.92 Å². The molecule has 0 aromatic carbocycles. The van der Waals surface area contributed by atoms with Crippen LogP contribution in [-0.2, 0) is 4.74 Å². The summed E-state index contributed by atoms with van der Waals surface area (Å²) in [5.74, 6) is 0.725. The number of alkyl halides is 1. The van der Waals surface area contributed by atoms with Crippen molar-refractivity contribution in [1.82, 2.24) is 0 Å². The van der Waals surface area contributed by atoms with Crippen LogP contribution < -0.4 is 0 Å². The lowest BCUT2D eigenvalue weighted by atomic mass is 10.0. The molecule has 0 heterocycles. The Balaban J connectivity index is 2.05. The highest BCUT2D eigenvalue weighted by atomic mass is 35.5. The van der Waals surface area contributed by atoms with E-state index in [4.69, 9.17) is 16.3 Å². The van der Waals surface area contributed by atoms with Crippen molar-refractivity contribution >= 4 is 11.6 Å². The van der Waals surface area contributed by atoms with Gasteiger partial charge >= 0.3 is 0 Å². The standard InChI is InChI=1S/C9H17ClO/c1-2-11-7-6-8-4-3-5-9(8)10/h8-9H,2-7H2,1H3. The molecule has 1 aliphatic carbocycles. The first-order valence-electron chi connectivity index (χ1n) is 4.56. The average Bonchev–Trinajstić information content (AvgIpc) is 2.37. The Morgan fingerprint density at radius 3 is 2.82 bits per heavy atom. The van der Waals surface area contributed by atoms with E-state index in [0.717, 1.165) is 25.6 Å². The maximum absolute atomic E-state index is 6.10. The monoisotopic (exact) mass is 176 g/mol. The minimum atomic E-state index is 0.426. The predicted octanol–water partition coefficient (Wildman–Crippen LogP) is 2.82. The minimum absolute atomic E-state index is 0.426. The Labute approximate surface area is 74.1 Å². The summed E-state index contributed by atoms with van der Waals surface area (Å²) in [7, 11) is 0. The molecular weight excluding hydrogens is 160 g/mol. The van der Waals surface area contributed by atoms with Gasteiger partial charge in [-0.3, -0.25) is 0 Å². The summed E-state index contributed by atoms with van der Waals surface area (Å²) in [6.07, 6.45) is 4.98. The van der Waals surface area contributed by atoms with E-state index in [1.807, 2.05) is 6.92 Å². The predicted molar refractivity (Wildman–Crippen MR) is 48.1 cm³/mol. The van der Waals surface area contributed by atoms with E-state index in [1.165, 1.54) is 19.3 Å². The number of hydrogen-bond donors (Lipinski definition) is 0. The molecule has 0 saturated heterocycles. The summed E-state index contributed by atoms with van der Waals surface area (Å²) in [4.78, 5) is 0. The first kappa shape index (κ1) is 9.34. The van der Waals surface area contributed by atoms with Crippen molar-refractivity contribution < 1.29 is 4.74 Å².